The molecule has 2 nitrogen and oxygen atoms in total. The first kappa shape index (κ1) is 13.8. The van der Waals surface area contributed by atoms with Crippen LogP contribution in [0.3, 0.4) is 0 Å². The first-order valence-corrected chi connectivity index (χ1v) is 6.05. The second-order valence-corrected chi connectivity index (χ2v) is 4.86. The summed E-state index contributed by atoms with van der Waals surface area (Å²) in [5.41, 5.74) is 1.23. The molecule has 0 unspecified atom stereocenters. The van der Waals surface area contributed by atoms with Gasteiger partial charge < -0.3 is 21.1 Å². The smallest absolute Gasteiger partial charge is 0.00976 e. The summed E-state index contributed by atoms with van der Waals surface area (Å²) in [4.78, 5) is 4.41. The summed E-state index contributed by atoms with van der Waals surface area (Å²) in [6.07, 6.45) is 4.23. The molecular weight excluding hydrogens is 396 g/mol. The van der Waals surface area contributed by atoms with Crippen LogP contribution in [-0.2, 0) is 25.6 Å². The molecular formula is C12H16IrN2S-2. The third-order valence-electron chi connectivity index (χ3n) is 2.83. The van der Waals surface area contributed by atoms with Crippen molar-refractivity contribution < 1.29 is 20.1 Å². The van der Waals surface area contributed by atoms with E-state index in [1.807, 2.05) is 0 Å². The standard InChI is InChI=1S/C12H16N2S.Ir/c1-4-13-6-7-14(10-13)12(2,3)11-5-8-15-9-11;/h5-8,10H,4H2,1-3H3;/q-2;. The van der Waals surface area contributed by atoms with Crippen molar-refractivity contribution in [1.29, 1.82) is 0 Å². The Kier molecular flexibility index (Phi) is 4.60. The van der Waals surface area contributed by atoms with E-state index in [0.717, 1.165) is 6.54 Å². The fraction of sp³-hybridized carbons (Fsp3) is 0.417. The molecule has 0 fully saturated rings. The van der Waals surface area contributed by atoms with E-state index in [-0.39, 0.29) is 25.6 Å². The van der Waals surface area contributed by atoms with Gasteiger partial charge in [-0.2, -0.15) is 18.1 Å². The predicted octanol–water partition coefficient (Wildman–Crippen LogP) is 3.01. The van der Waals surface area contributed by atoms with Gasteiger partial charge in [0.1, 0.15) is 0 Å². The fourth-order valence-electron chi connectivity index (χ4n) is 1.61. The summed E-state index contributed by atoms with van der Waals surface area (Å²) in [5, 5.41) is 5.39. The number of rotatable bonds is 3. The van der Waals surface area contributed by atoms with Crippen molar-refractivity contribution in [1.82, 2.24) is 9.80 Å². The molecule has 1 aliphatic heterocycles. The van der Waals surface area contributed by atoms with Crippen LogP contribution < -0.4 is 0 Å². The summed E-state index contributed by atoms with van der Waals surface area (Å²) < 4.78 is 0. The number of thiophene rings is 1. The molecule has 0 spiro atoms. The van der Waals surface area contributed by atoms with Gasteiger partial charge in [-0.25, -0.2) is 0 Å². The molecule has 0 bridgehead atoms. The summed E-state index contributed by atoms with van der Waals surface area (Å²) >= 11 is 1.63. The van der Waals surface area contributed by atoms with Crippen LogP contribution >= 0.6 is 11.3 Å². The second-order valence-electron chi connectivity index (χ2n) is 4.15. The topological polar surface area (TPSA) is 6.48 Å². The maximum atomic E-state index is 3.31. The van der Waals surface area contributed by atoms with E-state index in [1.165, 1.54) is 5.56 Å². The Morgan fingerprint density at radius 2 is 2.19 bits per heavy atom. The monoisotopic (exact) mass is 413 g/mol. The number of hydrogen-bond acceptors (Lipinski definition) is 3. The Labute approximate surface area is 115 Å². The normalized spacial score (nSPS) is 15.4. The van der Waals surface area contributed by atoms with Crippen LogP contribution in [0.4, 0.5) is 0 Å². The molecule has 0 aliphatic carbocycles. The van der Waals surface area contributed by atoms with Crippen molar-refractivity contribution in [2.75, 3.05) is 6.54 Å². The third-order valence-corrected chi connectivity index (χ3v) is 3.44. The Balaban J connectivity index is 0.00000128. The molecule has 91 valence electrons. The van der Waals surface area contributed by atoms with Gasteiger partial charge >= 0.3 is 0 Å². The van der Waals surface area contributed by atoms with E-state index >= 15 is 0 Å². The van der Waals surface area contributed by atoms with Gasteiger partial charge in [-0.05, 0) is 32.8 Å². The van der Waals surface area contributed by atoms with E-state index < -0.39 is 0 Å². The number of hydrogen-bond donors (Lipinski definition) is 0. The number of nitrogens with zero attached hydrogens (tertiary/aromatic N) is 2. The van der Waals surface area contributed by atoms with Crippen molar-refractivity contribution in [3.63, 3.8) is 0 Å². The maximum absolute atomic E-state index is 3.31. The van der Waals surface area contributed by atoms with Crippen LogP contribution in [0.15, 0.2) is 23.8 Å². The van der Waals surface area contributed by atoms with Gasteiger partial charge in [0, 0.05) is 25.6 Å². The van der Waals surface area contributed by atoms with Gasteiger partial charge in [0.25, 0.3) is 0 Å². The zero-order chi connectivity index (χ0) is 10.9. The first-order chi connectivity index (χ1) is 7.14. The molecule has 2 heterocycles. The van der Waals surface area contributed by atoms with E-state index in [0.29, 0.717) is 0 Å². The molecule has 1 aromatic rings. The van der Waals surface area contributed by atoms with Gasteiger partial charge in [-0.1, -0.05) is 6.92 Å². The summed E-state index contributed by atoms with van der Waals surface area (Å²) in [5.74, 6) is 0. The Hall–Kier alpha value is -0.311. The summed E-state index contributed by atoms with van der Waals surface area (Å²) in [7, 11) is 0. The minimum atomic E-state index is -0.0135. The van der Waals surface area contributed by atoms with E-state index in [9.17, 15) is 0 Å². The summed E-state index contributed by atoms with van der Waals surface area (Å²) in [6.45, 7) is 9.73. The molecule has 4 heteroatoms. The molecule has 0 atom stereocenters. The molecule has 0 amide bonds. The molecule has 1 aliphatic rings. The van der Waals surface area contributed by atoms with Crippen LogP contribution in [0.1, 0.15) is 26.3 Å². The predicted molar refractivity (Wildman–Crippen MR) is 63.8 cm³/mol. The molecule has 1 aromatic heterocycles. The Morgan fingerprint density at radius 1 is 1.44 bits per heavy atom. The van der Waals surface area contributed by atoms with Gasteiger partial charge in [0.15, 0.2) is 0 Å². The van der Waals surface area contributed by atoms with Gasteiger partial charge in [-0.3, -0.25) is 0 Å². The van der Waals surface area contributed by atoms with Crippen LogP contribution in [0.5, 0.6) is 0 Å². The largest absolute Gasteiger partial charge is 0.508 e. The van der Waals surface area contributed by atoms with Crippen molar-refractivity contribution >= 4 is 11.3 Å². The van der Waals surface area contributed by atoms with Crippen molar-refractivity contribution in [3.8, 4) is 0 Å². The minimum Gasteiger partial charge on any atom is -0.508 e. The minimum absolute atomic E-state index is 0. The SMILES string of the molecule is CCN1C=CN(C(C)(C)c2[c-]scc2)[CH-]1.[Ir]. The van der Waals surface area contributed by atoms with Crippen molar-refractivity contribution in [2.24, 2.45) is 0 Å². The van der Waals surface area contributed by atoms with Gasteiger partial charge in [0.05, 0.1) is 0 Å². The van der Waals surface area contributed by atoms with Crippen LogP contribution in [-0.4, -0.2) is 16.3 Å². The quantitative estimate of drug-likeness (QED) is 0.705. The average molecular weight is 413 g/mol. The van der Waals surface area contributed by atoms with Crippen LogP contribution in [0, 0.1) is 12.0 Å². The zero-order valence-corrected chi connectivity index (χ0v) is 12.9. The van der Waals surface area contributed by atoms with E-state index in [2.05, 4.69) is 66.5 Å². The fourth-order valence-corrected chi connectivity index (χ4v) is 2.33. The van der Waals surface area contributed by atoms with E-state index in [4.69, 9.17) is 0 Å². The van der Waals surface area contributed by atoms with Crippen molar-refractivity contribution in [3.05, 3.63) is 41.5 Å². The molecule has 16 heavy (non-hydrogen) atoms. The van der Waals surface area contributed by atoms with Crippen molar-refractivity contribution in [2.45, 2.75) is 26.3 Å². The zero-order valence-electron chi connectivity index (χ0n) is 9.73. The first-order valence-electron chi connectivity index (χ1n) is 5.17. The van der Waals surface area contributed by atoms with Crippen LogP contribution in [0.2, 0.25) is 0 Å². The van der Waals surface area contributed by atoms with Gasteiger partial charge in [0.2, 0.25) is 0 Å². The average Bonchev–Trinajstić information content (AvgIpc) is 2.89. The Morgan fingerprint density at radius 3 is 2.69 bits per heavy atom. The third kappa shape index (κ3) is 2.50. The molecule has 0 saturated carbocycles. The second kappa shape index (κ2) is 5.35. The Bertz CT molecular complexity index is 346. The molecule has 0 saturated heterocycles. The maximum Gasteiger partial charge on any atom is 0.00976 e. The van der Waals surface area contributed by atoms with Gasteiger partial charge in [-0.15, -0.1) is 10.9 Å². The molecule has 0 N–H and O–H groups in total. The van der Waals surface area contributed by atoms with E-state index in [1.54, 1.807) is 11.3 Å². The summed E-state index contributed by atoms with van der Waals surface area (Å²) in [6, 6.07) is 2.14. The molecule has 1 radical (unpaired) electrons. The van der Waals surface area contributed by atoms with Crippen LogP contribution in [0.25, 0.3) is 0 Å². The molecule has 2 rings (SSSR count). The molecule has 0 aromatic carbocycles.